The van der Waals surface area contributed by atoms with Crippen LogP contribution in [0.15, 0.2) is 5.38 Å². The summed E-state index contributed by atoms with van der Waals surface area (Å²) < 4.78 is 1.57. The second-order valence-electron chi connectivity index (χ2n) is 5.37. The van der Waals surface area contributed by atoms with Gasteiger partial charge in [0.2, 0.25) is 5.88 Å². The van der Waals surface area contributed by atoms with Crippen LogP contribution in [0.5, 0.6) is 5.88 Å². The molecule has 120 valence electrons. The highest BCUT2D eigenvalue weighted by atomic mass is 32.1. The first-order valence-corrected chi connectivity index (χ1v) is 9.01. The molecule has 0 aromatic carbocycles. The molecule has 0 radical (unpaired) electrons. The molecule has 0 fully saturated rings. The second-order valence-corrected chi connectivity index (χ2v) is 6.88. The monoisotopic (exact) mass is 330 g/mol. The maximum absolute atomic E-state index is 12.2. The molecule has 0 aliphatic carbocycles. The van der Waals surface area contributed by atoms with E-state index in [9.17, 15) is 9.90 Å². The molecule has 1 aromatic rings. The number of aromatic hydroxyl groups is 1. The van der Waals surface area contributed by atoms with Gasteiger partial charge in [0.1, 0.15) is 0 Å². The number of nitrogens with zero attached hydrogens (tertiary/aromatic N) is 2. The Balaban J connectivity index is 2.21. The zero-order valence-electron chi connectivity index (χ0n) is 13.0. The second kappa shape index (κ2) is 9.95. The number of thiazole rings is 1. The van der Waals surface area contributed by atoms with Gasteiger partial charge in [-0.2, -0.15) is 0 Å². The maximum atomic E-state index is 12.2. The summed E-state index contributed by atoms with van der Waals surface area (Å²) in [4.78, 5) is 13.8. The Kier molecular flexibility index (Phi) is 8.61. The summed E-state index contributed by atoms with van der Waals surface area (Å²) >= 11 is 6.25. The summed E-state index contributed by atoms with van der Waals surface area (Å²) in [7, 11) is 1.75. The van der Waals surface area contributed by atoms with E-state index in [0.717, 1.165) is 12.8 Å². The Labute approximate surface area is 136 Å². The third-order valence-corrected chi connectivity index (χ3v) is 4.73. The van der Waals surface area contributed by atoms with Crippen molar-refractivity contribution < 1.29 is 9.90 Å². The molecule has 0 bridgehead atoms. The Hall–Kier alpha value is -0.880. The molecule has 1 rings (SSSR count). The summed E-state index contributed by atoms with van der Waals surface area (Å²) in [6.07, 6.45) is 9.93. The van der Waals surface area contributed by atoms with Gasteiger partial charge >= 0.3 is 6.03 Å². The van der Waals surface area contributed by atoms with Crippen molar-refractivity contribution in [3.8, 4) is 5.88 Å². The lowest BCUT2D eigenvalue weighted by molar-refractivity contribution is 0.206. The Morgan fingerprint density at radius 1 is 1.24 bits per heavy atom. The number of unbranched alkanes of at least 4 members (excludes halogenated alkanes) is 7. The number of rotatable bonds is 9. The van der Waals surface area contributed by atoms with Crippen molar-refractivity contribution in [3.05, 3.63) is 9.33 Å². The predicted molar refractivity (Wildman–Crippen MR) is 90.8 cm³/mol. The molecule has 0 spiro atoms. The zero-order chi connectivity index (χ0) is 15.7. The van der Waals surface area contributed by atoms with Gasteiger partial charge in [0, 0.05) is 13.6 Å². The van der Waals surface area contributed by atoms with Crippen LogP contribution in [0.1, 0.15) is 58.3 Å². The van der Waals surface area contributed by atoms with E-state index in [1.165, 1.54) is 59.8 Å². The van der Waals surface area contributed by atoms with Crippen LogP contribution >= 0.6 is 23.6 Å². The van der Waals surface area contributed by atoms with Crippen LogP contribution in [0.3, 0.4) is 0 Å². The van der Waals surface area contributed by atoms with Gasteiger partial charge in [0.05, 0.1) is 5.38 Å². The first-order valence-electron chi connectivity index (χ1n) is 7.73. The number of carbonyl (C=O) groups excluding carboxylic acids is 1. The van der Waals surface area contributed by atoms with E-state index < -0.39 is 0 Å². The van der Waals surface area contributed by atoms with E-state index >= 15 is 0 Å². The highest BCUT2D eigenvalue weighted by molar-refractivity contribution is 7.73. The number of aromatic nitrogens is 1. The molecule has 4 nitrogen and oxygen atoms in total. The molecule has 6 heteroatoms. The Morgan fingerprint density at radius 3 is 2.33 bits per heavy atom. The van der Waals surface area contributed by atoms with Crippen LogP contribution in [0.25, 0.3) is 0 Å². The highest BCUT2D eigenvalue weighted by Crippen LogP contribution is 2.18. The Bertz CT molecular complexity index is 482. The van der Waals surface area contributed by atoms with E-state index in [-0.39, 0.29) is 11.9 Å². The van der Waals surface area contributed by atoms with Gasteiger partial charge in [-0.15, -0.1) is 11.3 Å². The van der Waals surface area contributed by atoms with Crippen LogP contribution < -0.4 is 0 Å². The van der Waals surface area contributed by atoms with Crippen LogP contribution in [-0.4, -0.2) is 34.2 Å². The fourth-order valence-corrected chi connectivity index (χ4v) is 3.13. The van der Waals surface area contributed by atoms with Crippen LogP contribution in [0, 0.1) is 3.95 Å². The minimum atomic E-state index is -0.248. The van der Waals surface area contributed by atoms with Gasteiger partial charge in [0.15, 0.2) is 3.95 Å². The Morgan fingerprint density at radius 2 is 1.81 bits per heavy atom. The van der Waals surface area contributed by atoms with E-state index in [1.807, 2.05) is 0 Å². The smallest absolute Gasteiger partial charge is 0.332 e. The molecule has 1 heterocycles. The number of hydrogen-bond donors (Lipinski definition) is 1. The van der Waals surface area contributed by atoms with E-state index in [2.05, 4.69) is 6.92 Å². The fraction of sp³-hybridized carbons (Fsp3) is 0.733. The third-order valence-electron chi connectivity index (χ3n) is 3.54. The van der Waals surface area contributed by atoms with Crippen LogP contribution in [0.4, 0.5) is 4.79 Å². The number of amides is 1. The van der Waals surface area contributed by atoms with Crippen molar-refractivity contribution in [2.75, 3.05) is 13.6 Å². The van der Waals surface area contributed by atoms with Crippen molar-refractivity contribution in [1.29, 1.82) is 0 Å². The van der Waals surface area contributed by atoms with Gasteiger partial charge in [-0.1, -0.05) is 51.9 Å². The normalized spacial score (nSPS) is 10.8. The molecule has 21 heavy (non-hydrogen) atoms. The predicted octanol–water partition coefficient (Wildman–Crippen LogP) is 5.03. The molecule has 0 saturated heterocycles. The minimum Gasteiger partial charge on any atom is -0.493 e. The standard InChI is InChI=1S/C15H26N2O2S2/c1-3-4-5-6-7-8-9-10-11-16(2)14(19)17-13(18)12-21-15(17)20/h12,18H,3-11H2,1-2H3. The van der Waals surface area contributed by atoms with Gasteiger partial charge in [0.25, 0.3) is 0 Å². The molecule has 1 N–H and O–H groups in total. The molecule has 0 aliphatic rings. The van der Waals surface area contributed by atoms with Gasteiger partial charge in [-0.3, -0.25) is 0 Å². The molecule has 0 atom stereocenters. The quantitative estimate of drug-likeness (QED) is 0.510. The average molecular weight is 331 g/mol. The molecule has 0 saturated carbocycles. The third kappa shape index (κ3) is 6.18. The molecular formula is C15H26N2O2S2. The highest BCUT2D eigenvalue weighted by Gasteiger charge is 2.15. The van der Waals surface area contributed by atoms with Gasteiger partial charge in [-0.25, -0.2) is 9.36 Å². The summed E-state index contributed by atoms with van der Waals surface area (Å²) in [5.41, 5.74) is 0. The SMILES string of the molecule is CCCCCCCCCCN(C)C(=O)n1c(O)csc1=S. The number of hydrogen-bond acceptors (Lipinski definition) is 4. The first kappa shape index (κ1) is 18.2. The lowest BCUT2D eigenvalue weighted by Crippen LogP contribution is -2.31. The number of carbonyl (C=O) groups is 1. The molecule has 0 aliphatic heterocycles. The van der Waals surface area contributed by atoms with Crippen molar-refractivity contribution in [1.82, 2.24) is 9.47 Å². The molecule has 1 amide bonds. The van der Waals surface area contributed by atoms with Crippen LogP contribution in [0.2, 0.25) is 0 Å². The molecule has 1 aromatic heterocycles. The largest absolute Gasteiger partial charge is 0.493 e. The lowest BCUT2D eigenvalue weighted by Gasteiger charge is -2.17. The minimum absolute atomic E-state index is 0.0715. The van der Waals surface area contributed by atoms with Crippen molar-refractivity contribution in [2.45, 2.75) is 58.3 Å². The van der Waals surface area contributed by atoms with E-state index in [4.69, 9.17) is 12.2 Å². The lowest BCUT2D eigenvalue weighted by atomic mass is 10.1. The summed E-state index contributed by atoms with van der Waals surface area (Å²) in [5, 5.41) is 11.1. The van der Waals surface area contributed by atoms with E-state index in [0.29, 0.717) is 10.5 Å². The molecular weight excluding hydrogens is 304 g/mol. The van der Waals surface area contributed by atoms with Crippen molar-refractivity contribution >= 4 is 29.6 Å². The van der Waals surface area contributed by atoms with Crippen molar-refractivity contribution in [2.24, 2.45) is 0 Å². The van der Waals surface area contributed by atoms with Gasteiger partial charge in [-0.05, 0) is 18.6 Å². The van der Waals surface area contributed by atoms with Crippen LogP contribution in [-0.2, 0) is 0 Å². The summed E-state index contributed by atoms with van der Waals surface area (Å²) in [6, 6.07) is -0.248. The van der Waals surface area contributed by atoms with Gasteiger partial charge < -0.3 is 10.0 Å². The first-order chi connectivity index (χ1) is 10.1. The maximum Gasteiger partial charge on any atom is 0.332 e. The van der Waals surface area contributed by atoms with Crippen molar-refractivity contribution in [3.63, 3.8) is 0 Å². The fourth-order valence-electron chi connectivity index (χ4n) is 2.23. The average Bonchev–Trinajstić information content (AvgIpc) is 2.80. The zero-order valence-corrected chi connectivity index (χ0v) is 14.6. The summed E-state index contributed by atoms with van der Waals surface area (Å²) in [6.45, 7) is 2.93. The molecule has 0 unspecified atom stereocenters. The summed E-state index contributed by atoms with van der Waals surface area (Å²) in [5.74, 6) is -0.0715. The topological polar surface area (TPSA) is 45.5 Å². The van der Waals surface area contributed by atoms with E-state index in [1.54, 1.807) is 11.9 Å².